The van der Waals surface area contributed by atoms with Crippen molar-refractivity contribution in [3.05, 3.63) is 53.6 Å². The van der Waals surface area contributed by atoms with Crippen molar-refractivity contribution < 1.29 is 28.0 Å². The van der Waals surface area contributed by atoms with Crippen molar-refractivity contribution in [1.82, 2.24) is 0 Å². The molecule has 7 heteroatoms. The second-order valence-corrected chi connectivity index (χ2v) is 6.98. The molecule has 0 aromatic heterocycles. The SMILES string of the molecule is CCCOc1ccc(OP(=O)(O)Oc2cccc3c2CCC3=O)cc1. The number of phosphoric acid groups is 1. The predicted octanol–water partition coefficient (Wildman–Crippen LogP) is 4.16. The highest BCUT2D eigenvalue weighted by Gasteiger charge is 2.30. The Morgan fingerprint density at radius 2 is 1.76 bits per heavy atom. The number of hydrogen-bond acceptors (Lipinski definition) is 5. The molecule has 0 radical (unpaired) electrons. The summed E-state index contributed by atoms with van der Waals surface area (Å²) in [6, 6.07) is 11.3. The lowest BCUT2D eigenvalue weighted by molar-refractivity contribution is 0.0994. The molecule has 1 N–H and O–H groups in total. The number of phosphoric ester groups is 1. The quantitative estimate of drug-likeness (QED) is 0.745. The van der Waals surface area contributed by atoms with Crippen molar-refractivity contribution in [2.45, 2.75) is 26.2 Å². The normalized spacial score (nSPS) is 15.4. The minimum absolute atomic E-state index is 0.0109. The number of benzene rings is 2. The number of carbonyl (C=O) groups excluding carboxylic acids is 1. The van der Waals surface area contributed by atoms with Crippen LogP contribution in [-0.4, -0.2) is 17.3 Å². The highest BCUT2D eigenvalue weighted by Crippen LogP contribution is 2.46. The highest BCUT2D eigenvalue weighted by molar-refractivity contribution is 7.48. The molecule has 1 aliphatic carbocycles. The number of Topliss-reactive ketones (excluding diaryl/α,β-unsaturated/α-hetero) is 1. The molecule has 132 valence electrons. The fourth-order valence-corrected chi connectivity index (χ4v) is 3.48. The van der Waals surface area contributed by atoms with Crippen LogP contribution >= 0.6 is 7.82 Å². The zero-order valence-corrected chi connectivity index (χ0v) is 14.7. The lowest BCUT2D eigenvalue weighted by Gasteiger charge is -2.16. The molecule has 6 nitrogen and oxygen atoms in total. The summed E-state index contributed by atoms with van der Waals surface area (Å²) >= 11 is 0. The van der Waals surface area contributed by atoms with E-state index < -0.39 is 7.82 Å². The van der Waals surface area contributed by atoms with Gasteiger partial charge in [0, 0.05) is 17.5 Å². The Labute approximate surface area is 146 Å². The van der Waals surface area contributed by atoms with Crippen molar-refractivity contribution >= 4 is 13.6 Å². The van der Waals surface area contributed by atoms with Crippen LogP contribution in [0.2, 0.25) is 0 Å². The van der Waals surface area contributed by atoms with Crippen molar-refractivity contribution in [3.63, 3.8) is 0 Å². The largest absolute Gasteiger partial charge is 0.584 e. The van der Waals surface area contributed by atoms with Crippen LogP contribution in [0.3, 0.4) is 0 Å². The first kappa shape index (κ1) is 17.5. The van der Waals surface area contributed by atoms with Crippen molar-refractivity contribution in [3.8, 4) is 17.2 Å². The summed E-state index contributed by atoms with van der Waals surface area (Å²) in [7, 11) is -4.38. The van der Waals surface area contributed by atoms with Gasteiger partial charge in [-0.25, -0.2) is 4.57 Å². The number of ether oxygens (including phenoxy) is 1. The Morgan fingerprint density at radius 1 is 1.04 bits per heavy atom. The maximum atomic E-state index is 12.3. The van der Waals surface area contributed by atoms with Gasteiger partial charge in [0.25, 0.3) is 0 Å². The summed E-state index contributed by atoms with van der Waals surface area (Å²) in [6.45, 7) is 2.60. The zero-order valence-electron chi connectivity index (χ0n) is 13.8. The molecule has 0 saturated carbocycles. The Balaban J connectivity index is 1.71. The molecule has 0 amide bonds. The van der Waals surface area contributed by atoms with E-state index in [1.807, 2.05) is 6.92 Å². The average Bonchev–Trinajstić information content (AvgIpc) is 2.96. The molecule has 0 aliphatic heterocycles. The number of ketones is 1. The smallest absolute Gasteiger partial charge is 0.494 e. The van der Waals surface area contributed by atoms with Crippen LogP contribution in [0.1, 0.15) is 35.7 Å². The van der Waals surface area contributed by atoms with Crippen LogP contribution in [-0.2, 0) is 11.0 Å². The van der Waals surface area contributed by atoms with Gasteiger partial charge < -0.3 is 13.8 Å². The summed E-state index contributed by atoms with van der Waals surface area (Å²) in [5.41, 5.74) is 1.18. The minimum atomic E-state index is -4.38. The fourth-order valence-electron chi connectivity index (χ4n) is 2.64. The Kier molecular flexibility index (Phi) is 5.11. The lowest BCUT2D eigenvalue weighted by Crippen LogP contribution is -2.02. The maximum absolute atomic E-state index is 12.3. The zero-order chi connectivity index (χ0) is 17.9. The van der Waals surface area contributed by atoms with Gasteiger partial charge in [-0.3, -0.25) is 9.69 Å². The van der Waals surface area contributed by atoms with E-state index in [1.165, 1.54) is 12.1 Å². The third-order valence-corrected chi connectivity index (χ3v) is 4.64. The van der Waals surface area contributed by atoms with E-state index in [4.69, 9.17) is 13.8 Å². The first-order valence-electron chi connectivity index (χ1n) is 8.08. The van der Waals surface area contributed by atoms with Crippen molar-refractivity contribution in [1.29, 1.82) is 0 Å². The molecular formula is C18H19O6P. The van der Waals surface area contributed by atoms with Crippen LogP contribution in [0.5, 0.6) is 17.2 Å². The van der Waals surface area contributed by atoms with Gasteiger partial charge in [-0.05, 0) is 43.2 Å². The number of hydrogen-bond donors (Lipinski definition) is 1. The van der Waals surface area contributed by atoms with Gasteiger partial charge in [-0.2, -0.15) is 0 Å². The average molecular weight is 362 g/mol. The van der Waals surface area contributed by atoms with Gasteiger partial charge in [0.1, 0.15) is 17.2 Å². The van der Waals surface area contributed by atoms with E-state index >= 15 is 0 Å². The number of rotatable bonds is 7. The maximum Gasteiger partial charge on any atom is 0.584 e. The fraction of sp³-hybridized carbons (Fsp3) is 0.278. The van der Waals surface area contributed by atoms with E-state index in [0.717, 1.165) is 6.42 Å². The van der Waals surface area contributed by atoms with Crippen molar-refractivity contribution in [2.75, 3.05) is 6.61 Å². The van der Waals surface area contributed by atoms with E-state index in [-0.39, 0.29) is 17.3 Å². The minimum Gasteiger partial charge on any atom is -0.494 e. The number of carbonyl (C=O) groups is 1. The molecule has 1 unspecified atom stereocenters. The topological polar surface area (TPSA) is 82.1 Å². The highest BCUT2D eigenvalue weighted by atomic mass is 31.2. The second kappa shape index (κ2) is 7.30. The molecule has 0 spiro atoms. The lowest BCUT2D eigenvalue weighted by atomic mass is 10.1. The molecule has 3 rings (SSSR count). The van der Waals surface area contributed by atoms with Gasteiger partial charge >= 0.3 is 7.82 Å². The Bertz CT molecular complexity index is 815. The van der Waals surface area contributed by atoms with Crippen LogP contribution in [0.15, 0.2) is 42.5 Å². The summed E-state index contributed by atoms with van der Waals surface area (Å²) in [5.74, 6) is 1.06. The standard InChI is InChI=1S/C18H19O6P/c1-2-12-22-13-6-8-14(9-7-13)23-25(20,21)24-18-5-3-4-15-16(18)10-11-17(15)19/h3-9H,2,10-12H2,1H3,(H,20,21). The first-order valence-corrected chi connectivity index (χ1v) is 9.58. The molecule has 2 aromatic carbocycles. The van der Waals surface area contributed by atoms with Crippen LogP contribution in [0.4, 0.5) is 0 Å². The van der Waals surface area contributed by atoms with Gasteiger partial charge in [-0.1, -0.05) is 19.1 Å². The second-order valence-electron chi connectivity index (χ2n) is 5.68. The summed E-state index contributed by atoms with van der Waals surface area (Å²) < 4.78 is 28.0. The molecule has 1 aliphatic rings. The molecule has 25 heavy (non-hydrogen) atoms. The van der Waals surface area contributed by atoms with Crippen LogP contribution < -0.4 is 13.8 Å². The first-order chi connectivity index (χ1) is 12.0. The molecule has 1 atom stereocenters. The molecule has 0 heterocycles. The number of fused-ring (bicyclic) bond motifs is 1. The molecule has 0 bridgehead atoms. The summed E-state index contributed by atoms with van der Waals surface area (Å²) in [6.07, 6.45) is 1.77. The molecule has 0 fully saturated rings. The molecule has 2 aromatic rings. The van der Waals surface area contributed by atoms with E-state index in [2.05, 4.69) is 0 Å². The Morgan fingerprint density at radius 3 is 2.48 bits per heavy atom. The third-order valence-electron chi connectivity index (χ3n) is 3.77. The van der Waals surface area contributed by atoms with Gasteiger partial charge in [0.2, 0.25) is 0 Å². The monoisotopic (exact) mass is 362 g/mol. The Hall–Kier alpha value is -2.30. The van der Waals surface area contributed by atoms with Crippen LogP contribution in [0.25, 0.3) is 0 Å². The predicted molar refractivity (Wildman–Crippen MR) is 92.4 cm³/mol. The van der Waals surface area contributed by atoms with Gasteiger partial charge in [0.05, 0.1) is 6.61 Å². The van der Waals surface area contributed by atoms with E-state index in [9.17, 15) is 14.3 Å². The van der Waals surface area contributed by atoms with Crippen molar-refractivity contribution in [2.24, 2.45) is 0 Å². The summed E-state index contributed by atoms with van der Waals surface area (Å²) in [5, 5.41) is 0. The van der Waals surface area contributed by atoms with E-state index in [1.54, 1.807) is 30.3 Å². The molecular weight excluding hydrogens is 343 g/mol. The van der Waals surface area contributed by atoms with Crippen LogP contribution in [0, 0.1) is 0 Å². The molecule has 0 saturated heterocycles. The van der Waals surface area contributed by atoms with Gasteiger partial charge in [-0.15, -0.1) is 0 Å². The van der Waals surface area contributed by atoms with E-state index in [0.29, 0.717) is 36.3 Å². The summed E-state index contributed by atoms with van der Waals surface area (Å²) in [4.78, 5) is 21.8. The van der Waals surface area contributed by atoms with Gasteiger partial charge in [0.15, 0.2) is 5.78 Å². The third kappa shape index (κ3) is 4.21.